The largest absolute Gasteiger partial charge is 0.437 e. The number of benzene rings is 1. The van der Waals surface area contributed by atoms with Crippen LogP contribution in [-0.2, 0) is 12.7 Å². The van der Waals surface area contributed by atoms with E-state index in [4.69, 9.17) is 11.6 Å². The second kappa shape index (κ2) is 7.30. The van der Waals surface area contributed by atoms with Gasteiger partial charge in [-0.3, -0.25) is 0 Å². The Bertz CT molecular complexity index is 1080. The van der Waals surface area contributed by atoms with Crippen LogP contribution in [0.1, 0.15) is 11.3 Å². The Kier molecular flexibility index (Phi) is 5.51. The number of alkyl halides is 7. The molecule has 0 bridgehead atoms. The third-order valence-corrected chi connectivity index (χ3v) is 5.59. The van der Waals surface area contributed by atoms with E-state index in [0.29, 0.717) is 26.8 Å². The van der Waals surface area contributed by atoms with Crippen molar-refractivity contribution in [3.05, 3.63) is 57.4 Å². The Morgan fingerprint density at radius 1 is 0.967 bits per heavy atom. The lowest BCUT2D eigenvalue weighted by Crippen LogP contribution is -2.51. The Hall–Kier alpha value is -2.01. The van der Waals surface area contributed by atoms with Crippen LogP contribution in [-0.4, -0.2) is 26.7 Å². The quantitative estimate of drug-likeness (QED) is 0.346. The summed E-state index contributed by atoms with van der Waals surface area (Å²) in [4.78, 5) is 0. The number of nitrogens with zero attached hydrogens (tertiary/aromatic N) is 3. The molecule has 0 N–H and O–H groups in total. The minimum atomic E-state index is -6.22. The van der Waals surface area contributed by atoms with Crippen molar-refractivity contribution in [3.8, 4) is 16.9 Å². The second-order valence-corrected chi connectivity index (χ2v) is 7.81. The Balaban J connectivity index is 2.13. The highest BCUT2D eigenvalue weighted by atomic mass is 79.9. The summed E-state index contributed by atoms with van der Waals surface area (Å²) >= 11 is 8.90. The molecule has 0 unspecified atom stereocenters. The van der Waals surface area contributed by atoms with Gasteiger partial charge in [-0.1, -0.05) is 17.7 Å². The van der Waals surface area contributed by atoms with Gasteiger partial charge in [0, 0.05) is 23.8 Å². The summed E-state index contributed by atoms with van der Waals surface area (Å²) in [6, 6.07) is 5.52. The molecule has 0 saturated heterocycles. The number of hydrogen-bond donors (Lipinski definition) is 0. The highest BCUT2D eigenvalue weighted by molar-refractivity contribution is 9.10. The van der Waals surface area contributed by atoms with E-state index >= 15 is 0 Å². The lowest BCUT2D eigenvalue weighted by Gasteiger charge is -2.30. The van der Waals surface area contributed by atoms with Crippen molar-refractivity contribution in [2.24, 2.45) is 7.05 Å². The Morgan fingerprint density at radius 3 is 2.10 bits per heavy atom. The van der Waals surface area contributed by atoms with E-state index in [1.807, 2.05) is 0 Å². The molecule has 12 heteroatoms. The molecule has 30 heavy (non-hydrogen) atoms. The van der Waals surface area contributed by atoms with Gasteiger partial charge in [0.15, 0.2) is 0 Å². The normalized spacial score (nSPS) is 13.2. The summed E-state index contributed by atoms with van der Waals surface area (Å²) in [5, 5.41) is 4.53. The standard InChI is InChI=1S/C18H12BrClF7N3/c1-9-5-10(3-4-13(9)20)11-7-28-30(8-11)15-12(19)6-14(29(15)2)16(21,17(22,23)24)18(25,26)27/h3-8H,1-2H3. The first-order valence-electron chi connectivity index (χ1n) is 8.18. The van der Waals surface area contributed by atoms with Gasteiger partial charge in [0.05, 0.1) is 16.4 Å². The first-order chi connectivity index (χ1) is 13.7. The SMILES string of the molecule is Cc1cc(-c2cnn(-c3c(Br)cc(C(F)(C(F)(F)F)C(F)(F)F)n3C)c2)ccc1Cl. The predicted octanol–water partition coefficient (Wildman–Crippen LogP) is 6.89. The number of hydrogen-bond acceptors (Lipinski definition) is 1. The van der Waals surface area contributed by atoms with Crippen LogP contribution < -0.4 is 0 Å². The molecule has 0 aliphatic heterocycles. The van der Waals surface area contributed by atoms with E-state index in [-0.39, 0.29) is 10.3 Å². The molecule has 3 rings (SSSR count). The van der Waals surface area contributed by atoms with E-state index in [1.54, 1.807) is 25.1 Å². The minimum Gasteiger partial charge on any atom is -0.329 e. The maximum absolute atomic E-state index is 14.5. The van der Waals surface area contributed by atoms with E-state index in [0.717, 1.165) is 17.3 Å². The zero-order chi connectivity index (χ0) is 22.6. The van der Waals surface area contributed by atoms with Crippen molar-refractivity contribution in [2.75, 3.05) is 0 Å². The first-order valence-corrected chi connectivity index (χ1v) is 9.35. The summed E-state index contributed by atoms with van der Waals surface area (Å²) in [6.45, 7) is 1.77. The average Bonchev–Trinajstić information content (AvgIpc) is 3.19. The van der Waals surface area contributed by atoms with Crippen LogP contribution in [0.15, 0.2) is 41.1 Å². The van der Waals surface area contributed by atoms with Crippen LogP contribution in [0.25, 0.3) is 16.9 Å². The van der Waals surface area contributed by atoms with Crippen LogP contribution in [0.4, 0.5) is 30.7 Å². The highest BCUT2D eigenvalue weighted by Gasteiger charge is 2.74. The zero-order valence-electron chi connectivity index (χ0n) is 15.2. The maximum Gasteiger partial charge on any atom is 0.437 e. The Labute approximate surface area is 179 Å². The average molecular weight is 519 g/mol. The summed E-state index contributed by atoms with van der Waals surface area (Å²) in [6.07, 6.45) is -9.67. The molecule has 2 heterocycles. The smallest absolute Gasteiger partial charge is 0.329 e. The molecule has 0 aliphatic rings. The molecule has 2 aromatic heterocycles. The molecule has 0 spiro atoms. The second-order valence-electron chi connectivity index (χ2n) is 6.55. The van der Waals surface area contributed by atoms with Crippen molar-refractivity contribution in [1.82, 2.24) is 14.3 Å². The molecule has 0 saturated carbocycles. The molecule has 0 fully saturated rings. The fourth-order valence-corrected chi connectivity index (χ4v) is 3.79. The van der Waals surface area contributed by atoms with Gasteiger partial charge < -0.3 is 4.57 Å². The molecule has 0 aliphatic carbocycles. The van der Waals surface area contributed by atoms with Crippen LogP contribution in [0, 0.1) is 6.92 Å². The van der Waals surface area contributed by atoms with Gasteiger partial charge in [-0.25, -0.2) is 9.07 Å². The number of halogens is 9. The van der Waals surface area contributed by atoms with Gasteiger partial charge in [0.1, 0.15) is 5.82 Å². The van der Waals surface area contributed by atoms with Crippen molar-refractivity contribution >= 4 is 27.5 Å². The van der Waals surface area contributed by atoms with Crippen LogP contribution >= 0.6 is 27.5 Å². The topological polar surface area (TPSA) is 22.8 Å². The lowest BCUT2D eigenvalue weighted by atomic mass is 10.0. The number of aromatic nitrogens is 3. The highest BCUT2D eigenvalue weighted by Crippen LogP contribution is 2.54. The molecule has 1 aromatic carbocycles. The first kappa shape index (κ1) is 22.7. The fraction of sp³-hybridized carbons (Fsp3) is 0.278. The molecule has 3 nitrogen and oxygen atoms in total. The van der Waals surface area contributed by atoms with Gasteiger partial charge in [0.2, 0.25) is 0 Å². The van der Waals surface area contributed by atoms with Gasteiger partial charge in [-0.05, 0) is 52.2 Å². The number of aryl methyl sites for hydroxylation is 1. The molecular formula is C18H12BrClF7N3. The van der Waals surface area contributed by atoms with E-state index < -0.39 is 23.7 Å². The van der Waals surface area contributed by atoms with E-state index in [1.165, 1.54) is 12.4 Å². The van der Waals surface area contributed by atoms with E-state index in [2.05, 4.69) is 21.0 Å². The molecule has 0 amide bonds. The summed E-state index contributed by atoms with van der Waals surface area (Å²) in [5.41, 5.74) is -5.20. The molecule has 3 aromatic rings. The van der Waals surface area contributed by atoms with Gasteiger partial charge in [0.25, 0.3) is 0 Å². The summed E-state index contributed by atoms with van der Waals surface area (Å²) in [7, 11) is 0.898. The third-order valence-electron chi connectivity index (χ3n) is 4.58. The monoisotopic (exact) mass is 517 g/mol. The van der Waals surface area contributed by atoms with Crippen molar-refractivity contribution in [3.63, 3.8) is 0 Å². The van der Waals surface area contributed by atoms with Gasteiger partial charge in [-0.15, -0.1) is 0 Å². The lowest BCUT2D eigenvalue weighted by molar-refractivity contribution is -0.350. The predicted molar refractivity (Wildman–Crippen MR) is 100 cm³/mol. The van der Waals surface area contributed by atoms with Gasteiger partial charge >= 0.3 is 18.0 Å². The summed E-state index contributed by atoms with van der Waals surface area (Å²) in [5.74, 6) is -0.211. The Morgan fingerprint density at radius 2 is 1.57 bits per heavy atom. The zero-order valence-corrected chi connectivity index (χ0v) is 17.5. The number of rotatable bonds is 3. The summed E-state index contributed by atoms with van der Waals surface area (Å²) < 4.78 is 94.7. The molecule has 162 valence electrons. The maximum atomic E-state index is 14.5. The third kappa shape index (κ3) is 3.51. The minimum absolute atomic E-state index is 0.197. The van der Waals surface area contributed by atoms with Crippen molar-refractivity contribution in [1.29, 1.82) is 0 Å². The molecule has 0 radical (unpaired) electrons. The van der Waals surface area contributed by atoms with Gasteiger partial charge in [-0.2, -0.15) is 31.4 Å². The van der Waals surface area contributed by atoms with Crippen LogP contribution in [0.5, 0.6) is 0 Å². The molecular weight excluding hydrogens is 507 g/mol. The fourth-order valence-electron chi connectivity index (χ4n) is 3.01. The van der Waals surface area contributed by atoms with Crippen LogP contribution in [0.3, 0.4) is 0 Å². The van der Waals surface area contributed by atoms with Crippen LogP contribution in [0.2, 0.25) is 5.02 Å². The van der Waals surface area contributed by atoms with Crippen molar-refractivity contribution in [2.45, 2.75) is 24.9 Å². The van der Waals surface area contributed by atoms with Crippen molar-refractivity contribution < 1.29 is 30.7 Å². The van der Waals surface area contributed by atoms with E-state index in [9.17, 15) is 30.7 Å². The molecule has 0 atom stereocenters.